The van der Waals surface area contributed by atoms with Crippen LogP contribution in [0.2, 0.25) is 0 Å². The normalized spacial score (nSPS) is 20.2. The number of pyridine rings is 1. The molecule has 1 aliphatic rings. The first kappa shape index (κ1) is 17.9. The highest BCUT2D eigenvalue weighted by Crippen LogP contribution is 2.21. The lowest BCUT2D eigenvalue weighted by Crippen LogP contribution is -2.44. The second kappa shape index (κ2) is 7.43. The number of nitrogens with zero attached hydrogens (tertiary/aromatic N) is 2. The molecule has 128 valence electrons. The summed E-state index contributed by atoms with van der Waals surface area (Å²) in [5.74, 6) is 0.759. The van der Waals surface area contributed by atoms with E-state index >= 15 is 0 Å². The molecule has 0 aromatic carbocycles. The Labute approximate surface area is 140 Å². The molecule has 5 nitrogen and oxygen atoms in total. The molecule has 1 aliphatic heterocycles. The van der Waals surface area contributed by atoms with E-state index in [1.165, 1.54) is 0 Å². The van der Waals surface area contributed by atoms with E-state index in [4.69, 9.17) is 4.74 Å². The Bertz CT molecular complexity index is 583. The van der Waals surface area contributed by atoms with Crippen molar-refractivity contribution in [3.05, 3.63) is 23.9 Å². The van der Waals surface area contributed by atoms with Crippen molar-refractivity contribution in [1.82, 2.24) is 9.88 Å². The summed E-state index contributed by atoms with van der Waals surface area (Å²) < 4.78 is 17.9. The van der Waals surface area contributed by atoms with Crippen LogP contribution >= 0.6 is 0 Å². The Morgan fingerprint density at radius 2 is 2.22 bits per heavy atom. The average molecular weight is 338 g/mol. The van der Waals surface area contributed by atoms with Crippen molar-refractivity contribution in [2.24, 2.45) is 5.92 Å². The molecule has 23 heavy (non-hydrogen) atoms. The lowest BCUT2D eigenvalue weighted by atomic mass is 10.0. The van der Waals surface area contributed by atoms with Crippen LogP contribution in [0.1, 0.15) is 39.2 Å². The zero-order valence-corrected chi connectivity index (χ0v) is 15.2. The number of aromatic nitrogens is 1. The number of ether oxygens (including phenoxy) is 1. The van der Waals surface area contributed by atoms with Gasteiger partial charge in [0, 0.05) is 25.0 Å². The van der Waals surface area contributed by atoms with Gasteiger partial charge in [0.05, 0.1) is 10.8 Å². The van der Waals surface area contributed by atoms with Gasteiger partial charge in [0.15, 0.2) is 0 Å². The molecule has 0 N–H and O–H groups in total. The molecule has 0 bridgehead atoms. The van der Waals surface area contributed by atoms with Gasteiger partial charge in [-0.25, -0.2) is 9.78 Å². The fraction of sp³-hybridized carbons (Fsp3) is 0.647. The van der Waals surface area contributed by atoms with E-state index in [0.717, 1.165) is 18.4 Å². The average Bonchev–Trinajstić information content (AvgIpc) is 2.45. The van der Waals surface area contributed by atoms with E-state index in [0.29, 0.717) is 23.9 Å². The van der Waals surface area contributed by atoms with Gasteiger partial charge in [-0.1, -0.05) is 0 Å². The first-order valence-corrected chi connectivity index (χ1v) is 9.35. The zero-order valence-electron chi connectivity index (χ0n) is 14.4. The topological polar surface area (TPSA) is 59.5 Å². The van der Waals surface area contributed by atoms with Crippen LogP contribution in [0.15, 0.2) is 23.4 Å². The molecule has 0 unspecified atom stereocenters. The molecule has 0 radical (unpaired) electrons. The highest BCUT2D eigenvalue weighted by molar-refractivity contribution is 7.84. The number of carbonyl (C=O) groups excluding carboxylic acids is 1. The predicted molar refractivity (Wildman–Crippen MR) is 90.8 cm³/mol. The molecule has 2 rings (SSSR count). The molecular formula is C17H26N2O3S. The van der Waals surface area contributed by atoms with E-state index in [2.05, 4.69) is 4.98 Å². The standard InChI is InChI=1S/C17H26N2O3S/c1-13-7-8-18-15(10-13)23(21)12-14-6-5-9-19(11-14)16(20)22-17(2,3)4/h7-8,10,14H,5-6,9,11-12H2,1-4H3/t14-,23-/m1/s1. The molecule has 2 heterocycles. The van der Waals surface area contributed by atoms with Crippen LogP contribution in [0, 0.1) is 12.8 Å². The van der Waals surface area contributed by atoms with Crippen LogP contribution in [0.4, 0.5) is 4.79 Å². The summed E-state index contributed by atoms with van der Waals surface area (Å²) in [6.07, 6.45) is 3.32. The van der Waals surface area contributed by atoms with Gasteiger partial charge in [-0.15, -0.1) is 0 Å². The fourth-order valence-electron chi connectivity index (χ4n) is 2.63. The smallest absolute Gasteiger partial charge is 0.410 e. The van der Waals surface area contributed by atoms with Crippen molar-refractivity contribution >= 4 is 16.9 Å². The quantitative estimate of drug-likeness (QED) is 0.849. The third-order valence-corrected chi connectivity index (χ3v) is 5.15. The maximum atomic E-state index is 12.5. The summed E-state index contributed by atoms with van der Waals surface area (Å²) in [7, 11) is -1.13. The van der Waals surface area contributed by atoms with Crippen LogP contribution in [0.3, 0.4) is 0 Å². The van der Waals surface area contributed by atoms with Gasteiger partial charge in [-0.3, -0.25) is 4.21 Å². The first-order valence-electron chi connectivity index (χ1n) is 8.03. The number of aryl methyl sites for hydroxylation is 1. The van der Waals surface area contributed by atoms with Gasteiger partial charge in [0.2, 0.25) is 0 Å². The van der Waals surface area contributed by atoms with Crippen LogP contribution in [0.25, 0.3) is 0 Å². The molecule has 1 aromatic rings. The number of amides is 1. The Balaban J connectivity index is 1.93. The minimum Gasteiger partial charge on any atom is -0.444 e. The fourth-order valence-corrected chi connectivity index (χ4v) is 3.99. The Morgan fingerprint density at radius 1 is 1.48 bits per heavy atom. The molecule has 0 spiro atoms. The summed E-state index contributed by atoms with van der Waals surface area (Å²) in [6.45, 7) is 8.88. The third-order valence-electron chi connectivity index (χ3n) is 3.68. The van der Waals surface area contributed by atoms with Crippen molar-refractivity contribution in [2.75, 3.05) is 18.8 Å². The highest BCUT2D eigenvalue weighted by Gasteiger charge is 2.28. The maximum absolute atomic E-state index is 12.5. The van der Waals surface area contributed by atoms with E-state index < -0.39 is 16.4 Å². The second-order valence-corrected chi connectivity index (χ2v) is 8.56. The van der Waals surface area contributed by atoms with Crippen LogP contribution < -0.4 is 0 Å². The SMILES string of the molecule is Cc1ccnc([S@](=O)C[C@@H]2CCCN(C(=O)OC(C)(C)C)C2)c1. The number of hydrogen-bond donors (Lipinski definition) is 0. The highest BCUT2D eigenvalue weighted by atomic mass is 32.2. The number of piperidine rings is 1. The van der Waals surface area contributed by atoms with Gasteiger partial charge < -0.3 is 9.64 Å². The molecule has 1 aromatic heterocycles. The third kappa shape index (κ3) is 5.61. The van der Waals surface area contributed by atoms with Gasteiger partial charge >= 0.3 is 6.09 Å². The Hall–Kier alpha value is -1.43. The maximum Gasteiger partial charge on any atom is 0.410 e. The van der Waals surface area contributed by atoms with E-state index in [1.54, 1.807) is 11.1 Å². The zero-order chi connectivity index (χ0) is 17.0. The van der Waals surface area contributed by atoms with Gasteiger partial charge in [-0.2, -0.15) is 0 Å². The molecule has 0 saturated carbocycles. The minimum atomic E-state index is -1.13. The first-order chi connectivity index (χ1) is 10.7. The largest absolute Gasteiger partial charge is 0.444 e. The lowest BCUT2D eigenvalue weighted by Gasteiger charge is -2.33. The number of carbonyl (C=O) groups is 1. The predicted octanol–water partition coefficient (Wildman–Crippen LogP) is 3.14. The van der Waals surface area contributed by atoms with Crippen LogP contribution in [0.5, 0.6) is 0 Å². The van der Waals surface area contributed by atoms with Crippen molar-refractivity contribution < 1.29 is 13.7 Å². The van der Waals surface area contributed by atoms with Crippen LogP contribution in [-0.2, 0) is 15.5 Å². The van der Waals surface area contributed by atoms with E-state index in [9.17, 15) is 9.00 Å². The Kier molecular flexibility index (Phi) is 5.79. The summed E-state index contributed by atoms with van der Waals surface area (Å²) >= 11 is 0. The molecular weight excluding hydrogens is 312 g/mol. The Morgan fingerprint density at radius 3 is 2.87 bits per heavy atom. The van der Waals surface area contributed by atoms with Crippen molar-refractivity contribution in [2.45, 2.75) is 51.2 Å². The summed E-state index contributed by atoms with van der Waals surface area (Å²) in [6, 6.07) is 3.76. The molecule has 6 heteroatoms. The number of hydrogen-bond acceptors (Lipinski definition) is 4. The molecule has 0 aliphatic carbocycles. The summed E-state index contributed by atoms with van der Waals surface area (Å²) in [5.41, 5.74) is 0.570. The number of rotatable bonds is 3. The van der Waals surface area contributed by atoms with Crippen LogP contribution in [-0.4, -0.2) is 44.6 Å². The van der Waals surface area contributed by atoms with Crippen molar-refractivity contribution in [3.63, 3.8) is 0 Å². The van der Waals surface area contributed by atoms with Crippen molar-refractivity contribution in [3.8, 4) is 0 Å². The lowest BCUT2D eigenvalue weighted by molar-refractivity contribution is 0.0176. The molecule has 1 fully saturated rings. The van der Waals surface area contributed by atoms with E-state index in [-0.39, 0.29) is 12.0 Å². The minimum absolute atomic E-state index is 0.222. The number of likely N-dealkylation sites (tertiary alicyclic amines) is 1. The monoisotopic (exact) mass is 338 g/mol. The summed E-state index contributed by atoms with van der Waals surface area (Å²) in [5, 5.41) is 0.624. The van der Waals surface area contributed by atoms with Crippen molar-refractivity contribution in [1.29, 1.82) is 0 Å². The van der Waals surface area contributed by atoms with Gasteiger partial charge in [0.25, 0.3) is 0 Å². The van der Waals surface area contributed by atoms with E-state index in [1.807, 2.05) is 39.8 Å². The molecule has 1 amide bonds. The second-order valence-electron chi connectivity index (χ2n) is 7.12. The van der Waals surface area contributed by atoms with Gasteiger partial charge in [0.1, 0.15) is 10.6 Å². The molecule has 1 saturated heterocycles. The molecule has 2 atom stereocenters. The summed E-state index contributed by atoms with van der Waals surface area (Å²) in [4.78, 5) is 18.1. The van der Waals surface area contributed by atoms with Gasteiger partial charge in [-0.05, 0) is 64.2 Å².